The predicted octanol–water partition coefficient (Wildman–Crippen LogP) is 2.01. The van der Waals surface area contributed by atoms with Gasteiger partial charge in [-0.2, -0.15) is 5.26 Å². The zero-order chi connectivity index (χ0) is 16.8. The molecular weight excluding hydrogens is 294 g/mol. The van der Waals surface area contributed by atoms with Crippen molar-refractivity contribution in [2.75, 3.05) is 14.2 Å². The van der Waals surface area contributed by atoms with E-state index in [4.69, 9.17) is 5.26 Å². The second-order valence-corrected chi connectivity index (χ2v) is 4.89. The maximum atomic E-state index is 12.3. The molecule has 1 aromatic carbocycles. The minimum Gasteiger partial charge on any atom is -0.465 e. The van der Waals surface area contributed by atoms with Crippen LogP contribution >= 0.6 is 0 Å². The number of amides is 1. The summed E-state index contributed by atoms with van der Waals surface area (Å²) >= 11 is 0. The van der Waals surface area contributed by atoms with Crippen molar-refractivity contribution >= 4 is 11.9 Å². The number of esters is 1. The first kappa shape index (κ1) is 16.2. The van der Waals surface area contributed by atoms with Crippen LogP contribution in [-0.4, -0.2) is 35.9 Å². The second kappa shape index (κ2) is 7.18. The van der Waals surface area contributed by atoms with Crippen molar-refractivity contribution in [1.82, 2.24) is 9.88 Å². The largest absolute Gasteiger partial charge is 0.465 e. The molecule has 0 aliphatic heterocycles. The van der Waals surface area contributed by atoms with E-state index in [1.165, 1.54) is 30.3 Å². The average Bonchev–Trinajstić information content (AvgIpc) is 2.61. The molecule has 116 valence electrons. The van der Waals surface area contributed by atoms with Gasteiger partial charge in [-0.1, -0.05) is 12.1 Å². The van der Waals surface area contributed by atoms with Gasteiger partial charge in [0, 0.05) is 19.8 Å². The van der Waals surface area contributed by atoms with Gasteiger partial charge in [0.1, 0.15) is 5.69 Å². The lowest BCUT2D eigenvalue weighted by atomic mass is 10.1. The lowest BCUT2D eigenvalue weighted by Crippen LogP contribution is -2.27. The Morgan fingerprint density at radius 1 is 1.22 bits per heavy atom. The molecule has 1 aromatic heterocycles. The maximum Gasteiger partial charge on any atom is 0.339 e. The molecule has 0 N–H and O–H groups in total. The topological polar surface area (TPSA) is 83.3 Å². The maximum absolute atomic E-state index is 12.3. The van der Waals surface area contributed by atoms with Crippen LogP contribution in [0.1, 0.15) is 32.0 Å². The third kappa shape index (κ3) is 3.92. The molecule has 0 saturated carbocycles. The van der Waals surface area contributed by atoms with Gasteiger partial charge in [0.15, 0.2) is 0 Å². The van der Waals surface area contributed by atoms with Crippen LogP contribution in [0.4, 0.5) is 0 Å². The van der Waals surface area contributed by atoms with E-state index >= 15 is 0 Å². The van der Waals surface area contributed by atoms with Gasteiger partial charge >= 0.3 is 5.97 Å². The quantitative estimate of drug-likeness (QED) is 0.807. The number of rotatable bonds is 4. The van der Waals surface area contributed by atoms with Crippen molar-refractivity contribution in [3.63, 3.8) is 0 Å². The van der Waals surface area contributed by atoms with E-state index in [1.807, 2.05) is 6.07 Å². The normalized spacial score (nSPS) is 9.78. The lowest BCUT2D eigenvalue weighted by molar-refractivity contribution is 0.0599. The summed E-state index contributed by atoms with van der Waals surface area (Å²) in [6.07, 6.45) is 1.31. The highest BCUT2D eigenvalue weighted by molar-refractivity contribution is 5.94. The number of carbonyl (C=O) groups is 2. The third-order valence-corrected chi connectivity index (χ3v) is 3.25. The van der Waals surface area contributed by atoms with Crippen LogP contribution in [0.5, 0.6) is 0 Å². The summed E-state index contributed by atoms with van der Waals surface area (Å²) in [6, 6.07) is 12.1. The molecule has 1 heterocycles. The fraction of sp³-hybridized carbons (Fsp3) is 0.176. The molecule has 2 aromatic rings. The summed E-state index contributed by atoms with van der Waals surface area (Å²) in [5, 5.41) is 8.77. The Morgan fingerprint density at radius 3 is 2.43 bits per heavy atom. The minimum absolute atomic E-state index is 0.244. The van der Waals surface area contributed by atoms with Gasteiger partial charge in [-0.05, 0) is 29.8 Å². The molecule has 2 rings (SSSR count). The van der Waals surface area contributed by atoms with Crippen LogP contribution in [0.3, 0.4) is 0 Å². The van der Waals surface area contributed by atoms with Gasteiger partial charge in [0.2, 0.25) is 0 Å². The molecule has 0 atom stereocenters. The van der Waals surface area contributed by atoms with E-state index < -0.39 is 5.97 Å². The number of methoxy groups -OCH3 is 1. The van der Waals surface area contributed by atoms with Crippen LogP contribution in [0.2, 0.25) is 0 Å². The van der Waals surface area contributed by atoms with Gasteiger partial charge in [-0.3, -0.25) is 9.78 Å². The Kier molecular flexibility index (Phi) is 5.05. The fourth-order valence-corrected chi connectivity index (χ4v) is 1.98. The SMILES string of the molecule is COC(=O)c1ccc(C(=O)N(C)Cc2ccc(C#N)cc2)nc1. The molecule has 0 aliphatic carbocycles. The number of aromatic nitrogens is 1. The van der Waals surface area contributed by atoms with Crippen LogP contribution < -0.4 is 0 Å². The summed E-state index contributed by atoms with van der Waals surface area (Å²) in [6.45, 7) is 0.394. The predicted molar refractivity (Wildman–Crippen MR) is 82.5 cm³/mol. The van der Waals surface area contributed by atoms with Crippen LogP contribution in [0.15, 0.2) is 42.6 Å². The third-order valence-electron chi connectivity index (χ3n) is 3.25. The van der Waals surface area contributed by atoms with Crippen molar-refractivity contribution in [3.8, 4) is 6.07 Å². The molecule has 0 radical (unpaired) electrons. The number of pyridine rings is 1. The lowest BCUT2D eigenvalue weighted by Gasteiger charge is -2.17. The number of benzene rings is 1. The fourth-order valence-electron chi connectivity index (χ4n) is 1.98. The Bertz CT molecular complexity index is 746. The van der Waals surface area contributed by atoms with E-state index in [1.54, 1.807) is 31.3 Å². The number of hydrogen-bond acceptors (Lipinski definition) is 5. The minimum atomic E-state index is -0.498. The molecule has 0 fully saturated rings. The van der Waals surface area contributed by atoms with Crippen molar-refractivity contribution < 1.29 is 14.3 Å². The van der Waals surface area contributed by atoms with Crippen molar-refractivity contribution in [3.05, 3.63) is 65.0 Å². The number of carbonyl (C=O) groups excluding carboxylic acids is 2. The zero-order valence-corrected chi connectivity index (χ0v) is 12.8. The van der Waals surface area contributed by atoms with Crippen LogP contribution in [0.25, 0.3) is 0 Å². The highest BCUT2D eigenvalue weighted by Gasteiger charge is 2.15. The van der Waals surface area contributed by atoms with E-state index in [0.717, 1.165) is 5.56 Å². The Labute approximate surface area is 133 Å². The standard InChI is InChI=1S/C17H15N3O3/c1-20(11-13-5-3-12(9-18)4-6-13)16(21)15-8-7-14(10-19-15)17(22)23-2/h3-8,10H,11H2,1-2H3. The van der Waals surface area contributed by atoms with E-state index in [9.17, 15) is 9.59 Å². The van der Waals surface area contributed by atoms with E-state index in [-0.39, 0.29) is 11.6 Å². The number of ether oxygens (including phenoxy) is 1. The molecule has 0 bridgehead atoms. The number of hydrogen-bond donors (Lipinski definition) is 0. The van der Waals surface area contributed by atoms with E-state index in [0.29, 0.717) is 17.7 Å². The number of nitriles is 1. The summed E-state index contributed by atoms with van der Waals surface area (Å²) in [5.74, 6) is -0.756. The van der Waals surface area contributed by atoms with Crippen molar-refractivity contribution in [1.29, 1.82) is 5.26 Å². The van der Waals surface area contributed by atoms with Crippen molar-refractivity contribution in [2.24, 2.45) is 0 Å². The molecule has 0 spiro atoms. The highest BCUT2D eigenvalue weighted by Crippen LogP contribution is 2.09. The summed E-state index contributed by atoms with van der Waals surface area (Å²) < 4.78 is 4.58. The zero-order valence-electron chi connectivity index (χ0n) is 12.8. The van der Waals surface area contributed by atoms with Gasteiger partial charge in [0.05, 0.1) is 24.3 Å². The highest BCUT2D eigenvalue weighted by atomic mass is 16.5. The Hall–Kier alpha value is -3.20. The molecule has 1 amide bonds. The van der Waals surface area contributed by atoms with Crippen LogP contribution in [-0.2, 0) is 11.3 Å². The molecule has 0 saturated heterocycles. The average molecular weight is 309 g/mol. The summed E-state index contributed by atoms with van der Waals surface area (Å²) in [7, 11) is 2.95. The van der Waals surface area contributed by atoms with E-state index in [2.05, 4.69) is 9.72 Å². The first-order chi connectivity index (χ1) is 11.0. The van der Waals surface area contributed by atoms with Crippen molar-refractivity contribution in [2.45, 2.75) is 6.54 Å². The molecule has 6 heteroatoms. The summed E-state index contributed by atoms with van der Waals surface area (Å²) in [4.78, 5) is 29.2. The van der Waals surface area contributed by atoms with Gasteiger partial charge in [0.25, 0.3) is 5.91 Å². The summed E-state index contributed by atoms with van der Waals surface area (Å²) in [5.41, 5.74) is 2.02. The Balaban J connectivity index is 2.06. The first-order valence-electron chi connectivity index (χ1n) is 6.84. The Morgan fingerprint density at radius 2 is 1.91 bits per heavy atom. The monoisotopic (exact) mass is 309 g/mol. The molecule has 23 heavy (non-hydrogen) atoms. The second-order valence-electron chi connectivity index (χ2n) is 4.89. The molecule has 6 nitrogen and oxygen atoms in total. The van der Waals surface area contributed by atoms with Gasteiger partial charge in [-0.15, -0.1) is 0 Å². The first-order valence-corrected chi connectivity index (χ1v) is 6.84. The number of nitrogens with zero attached hydrogens (tertiary/aromatic N) is 3. The molecule has 0 aliphatic rings. The van der Waals surface area contributed by atoms with Gasteiger partial charge < -0.3 is 9.64 Å². The smallest absolute Gasteiger partial charge is 0.339 e. The molecular formula is C17H15N3O3. The molecule has 0 unspecified atom stereocenters. The van der Waals surface area contributed by atoms with Gasteiger partial charge in [-0.25, -0.2) is 4.79 Å². The van der Waals surface area contributed by atoms with Crippen LogP contribution in [0, 0.1) is 11.3 Å².